The normalized spacial score (nSPS) is 22.2. The number of nitrogens with one attached hydrogen (secondary N) is 2. The Bertz CT molecular complexity index is 592. The van der Waals surface area contributed by atoms with Crippen molar-refractivity contribution in [2.75, 3.05) is 19.6 Å². The van der Waals surface area contributed by atoms with E-state index in [1.807, 2.05) is 12.1 Å². The molecule has 1 aliphatic carbocycles. The fraction of sp³-hybridized carbons (Fsp3) is 0.625. The highest BCUT2D eigenvalue weighted by Gasteiger charge is 2.19. The van der Waals surface area contributed by atoms with Crippen LogP contribution in [0.3, 0.4) is 0 Å². The van der Waals surface area contributed by atoms with Crippen LogP contribution in [0, 0.1) is 5.92 Å². The smallest absolute Gasteiger partial charge is 0.240 e. The second-order valence-electron chi connectivity index (χ2n) is 6.18. The molecule has 1 aromatic carbocycles. The van der Waals surface area contributed by atoms with Gasteiger partial charge in [0.15, 0.2) is 0 Å². The quantitative estimate of drug-likeness (QED) is 0.873. The molecule has 1 aromatic rings. The number of piperidine rings is 1. The summed E-state index contributed by atoms with van der Waals surface area (Å²) in [6, 6.07) is 5.57. The Balaban J connectivity index is 1.58. The van der Waals surface area contributed by atoms with Gasteiger partial charge < -0.3 is 5.32 Å². The van der Waals surface area contributed by atoms with Gasteiger partial charge in [0.1, 0.15) is 0 Å². The Morgan fingerprint density at radius 1 is 1.19 bits per heavy atom. The molecule has 116 valence electrons. The van der Waals surface area contributed by atoms with Crippen molar-refractivity contribution in [3.05, 3.63) is 29.3 Å². The number of aryl methyl sites for hydroxylation is 2. The van der Waals surface area contributed by atoms with E-state index in [4.69, 9.17) is 0 Å². The van der Waals surface area contributed by atoms with E-state index in [1.165, 1.54) is 24.0 Å². The van der Waals surface area contributed by atoms with E-state index in [1.54, 1.807) is 6.07 Å². The van der Waals surface area contributed by atoms with Gasteiger partial charge in [-0.15, -0.1) is 0 Å². The van der Waals surface area contributed by atoms with Gasteiger partial charge in [-0.25, -0.2) is 13.1 Å². The summed E-state index contributed by atoms with van der Waals surface area (Å²) in [5.41, 5.74) is 2.51. The van der Waals surface area contributed by atoms with Gasteiger partial charge in [0.05, 0.1) is 4.90 Å². The van der Waals surface area contributed by atoms with E-state index in [9.17, 15) is 8.42 Å². The van der Waals surface area contributed by atoms with Crippen LogP contribution in [0.15, 0.2) is 23.1 Å². The molecule has 0 spiro atoms. The number of fused-ring (bicyclic) bond motifs is 1. The van der Waals surface area contributed by atoms with E-state index in [0.29, 0.717) is 17.4 Å². The topological polar surface area (TPSA) is 58.2 Å². The molecule has 1 fully saturated rings. The number of hydrogen-bond acceptors (Lipinski definition) is 3. The average Bonchev–Trinajstić information content (AvgIpc) is 2.95. The first-order chi connectivity index (χ1) is 10.1. The maximum Gasteiger partial charge on any atom is 0.240 e. The van der Waals surface area contributed by atoms with Gasteiger partial charge in [0.25, 0.3) is 0 Å². The molecule has 1 atom stereocenters. The Kier molecular flexibility index (Phi) is 4.62. The van der Waals surface area contributed by atoms with E-state index in [-0.39, 0.29) is 0 Å². The maximum absolute atomic E-state index is 12.3. The minimum Gasteiger partial charge on any atom is -0.316 e. The van der Waals surface area contributed by atoms with Crippen molar-refractivity contribution in [3.8, 4) is 0 Å². The lowest BCUT2D eigenvalue weighted by Crippen LogP contribution is -2.33. The molecule has 0 radical (unpaired) electrons. The Morgan fingerprint density at radius 2 is 2.05 bits per heavy atom. The molecular formula is C16H24N2O2S. The molecule has 0 saturated carbocycles. The van der Waals surface area contributed by atoms with Gasteiger partial charge in [-0.2, -0.15) is 0 Å². The summed E-state index contributed by atoms with van der Waals surface area (Å²) in [4.78, 5) is 0.421. The highest BCUT2D eigenvalue weighted by Crippen LogP contribution is 2.24. The summed E-state index contributed by atoms with van der Waals surface area (Å²) in [5.74, 6) is 0.599. The molecule has 2 N–H and O–H groups in total. The third kappa shape index (κ3) is 3.65. The Hall–Kier alpha value is -0.910. The van der Waals surface area contributed by atoms with E-state index >= 15 is 0 Å². The first-order valence-corrected chi connectivity index (χ1v) is 9.46. The van der Waals surface area contributed by atoms with Crippen molar-refractivity contribution in [3.63, 3.8) is 0 Å². The second kappa shape index (κ2) is 6.46. The average molecular weight is 308 g/mol. The zero-order valence-electron chi connectivity index (χ0n) is 12.4. The first kappa shape index (κ1) is 15.0. The molecule has 1 unspecified atom stereocenters. The summed E-state index contributed by atoms with van der Waals surface area (Å²) in [7, 11) is -3.35. The molecule has 0 bridgehead atoms. The van der Waals surface area contributed by atoms with Crippen LogP contribution in [0.4, 0.5) is 0 Å². The molecule has 1 aliphatic heterocycles. The van der Waals surface area contributed by atoms with Crippen LogP contribution in [0.1, 0.15) is 36.8 Å². The fourth-order valence-electron chi connectivity index (χ4n) is 3.37. The van der Waals surface area contributed by atoms with Gasteiger partial charge in [-0.1, -0.05) is 6.07 Å². The van der Waals surface area contributed by atoms with Crippen molar-refractivity contribution < 1.29 is 8.42 Å². The van der Waals surface area contributed by atoms with Gasteiger partial charge in [-0.05, 0) is 80.8 Å². The molecule has 2 aliphatic rings. The van der Waals surface area contributed by atoms with Crippen LogP contribution < -0.4 is 10.0 Å². The standard InChI is InChI=1S/C16H24N2O2S/c19-21(20,18-10-8-13-3-2-9-17-12-13)16-7-6-14-4-1-5-15(14)11-16/h6-7,11,13,17-18H,1-5,8-10,12H2. The third-order valence-electron chi connectivity index (χ3n) is 4.62. The lowest BCUT2D eigenvalue weighted by molar-refractivity contribution is 0.358. The molecule has 1 saturated heterocycles. The number of rotatable bonds is 5. The van der Waals surface area contributed by atoms with Gasteiger partial charge in [0, 0.05) is 6.54 Å². The number of sulfonamides is 1. The van der Waals surface area contributed by atoms with Gasteiger partial charge >= 0.3 is 0 Å². The molecule has 21 heavy (non-hydrogen) atoms. The van der Waals surface area contributed by atoms with Gasteiger partial charge in [0.2, 0.25) is 10.0 Å². The van der Waals surface area contributed by atoms with Crippen molar-refractivity contribution in [1.29, 1.82) is 0 Å². The van der Waals surface area contributed by atoms with Crippen molar-refractivity contribution in [1.82, 2.24) is 10.0 Å². The molecule has 5 heteroatoms. The largest absolute Gasteiger partial charge is 0.316 e. The minimum absolute atomic E-state index is 0.421. The monoisotopic (exact) mass is 308 g/mol. The van der Waals surface area contributed by atoms with Crippen LogP contribution in [0.25, 0.3) is 0 Å². The van der Waals surface area contributed by atoms with Crippen LogP contribution >= 0.6 is 0 Å². The lowest BCUT2D eigenvalue weighted by Gasteiger charge is -2.22. The van der Waals surface area contributed by atoms with Crippen molar-refractivity contribution >= 4 is 10.0 Å². The second-order valence-corrected chi connectivity index (χ2v) is 7.95. The predicted octanol–water partition coefficient (Wildman–Crippen LogP) is 1.84. The van der Waals surface area contributed by atoms with Crippen LogP contribution in [-0.2, 0) is 22.9 Å². The molecule has 0 amide bonds. The van der Waals surface area contributed by atoms with Crippen molar-refractivity contribution in [2.24, 2.45) is 5.92 Å². The van der Waals surface area contributed by atoms with Crippen LogP contribution in [0.5, 0.6) is 0 Å². The third-order valence-corrected chi connectivity index (χ3v) is 6.08. The SMILES string of the molecule is O=S(=O)(NCCC1CCCNC1)c1ccc2c(c1)CCC2. The number of benzene rings is 1. The van der Waals surface area contributed by atoms with E-state index < -0.39 is 10.0 Å². The minimum atomic E-state index is -3.35. The Morgan fingerprint density at radius 3 is 2.86 bits per heavy atom. The van der Waals surface area contributed by atoms with Crippen LogP contribution in [0.2, 0.25) is 0 Å². The number of hydrogen-bond donors (Lipinski definition) is 2. The predicted molar refractivity (Wildman–Crippen MR) is 83.9 cm³/mol. The molecular weight excluding hydrogens is 284 g/mol. The zero-order valence-corrected chi connectivity index (χ0v) is 13.2. The molecule has 4 nitrogen and oxygen atoms in total. The fourth-order valence-corrected chi connectivity index (χ4v) is 4.46. The lowest BCUT2D eigenvalue weighted by atomic mass is 9.96. The molecule has 0 aromatic heterocycles. The summed E-state index contributed by atoms with van der Waals surface area (Å²) >= 11 is 0. The highest BCUT2D eigenvalue weighted by molar-refractivity contribution is 7.89. The Labute approximate surface area is 127 Å². The van der Waals surface area contributed by atoms with E-state index in [2.05, 4.69) is 10.0 Å². The summed E-state index contributed by atoms with van der Waals surface area (Å²) in [5, 5.41) is 3.37. The summed E-state index contributed by atoms with van der Waals surface area (Å²) in [6.07, 6.45) is 6.54. The molecule has 3 rings (SSSR count). The van der Waals surface area contributed by atoms with Crippen molar-refractivity contribution in [2.45, 2.75) is 43.4 Å². The van der Waals surface area contributed by atoms with Gasteiger partial charge in [-0.3, -0.25) is 0 Å². The maximum atomic E-state index is 12.3. The highest BCUT2D eigenvalue weighted by atomic mass is 32.2. The first-order valence-electron chi connectivity index (χ1n) is 7.97. The summed E-state index contributed by atoms with van der Waals surface area (Å²) < 4.78 is 27.5. The zero-order chi connectivity index (χ0) is 14.7. The van der Waals surface area contributed by atoms with Crippen LogP contribution in [-0.4, -0.2) is 28.1 Å². The summed E-state index contributed by atoms with van der Waals surface area (Å²) in [6.45, 7) is 2.64. The van der Waals surface area contributed by atoms with E-state index in [0.717, 1.165) is 38.8 Å². The molecule has 1 heterocycles.